The van der Waals surface area contributed by atoms with Crippen LogP contribution in [-0.2, 0) is 24.9 Å². The van der Waals surface area contributed by atoms with Crippen LogP contribution in [0.3, 0.4) is 0 Å². The van der Waals surface area contributed by atoms with E-state index in [4.69, 9.17) is 19.7 Å². The largest absolute Gasteiger partial charge is 0.473 e. The SMILES string of the molecule is C1COC1.Cc1[nH]nc2c(F)cc(C(=O)Nc3ccc4c(c3)nc(CN3CC=C(c5cccc(OCc6ccc(C#N)cc6F)n5)CC3)n4C)cc12. The molecule has 1 amide bonds. The highest BCUT2D eigenvalue weighted by molar-refractivity contribution is 6.07. The van der Waals surface area contributed by atoms with Gasteiger partial charge in [-0.15, -0.1) is 0 Å². The maximum absolute atomic E-state index is 14.5. The van der Waals surface area contributed by atoms with Gasteiger partial charge < -0.3 is 19.4 Å². The van der Waals surface area contributed by atoms with E-state index in [0.29, 0.717) is 41.3 Å². The fourth-order valence-corrected chi connectivity index (χ4v) is 5.99. The molecule has 1 saturated heterocycles. The van der Waals surface area contributed by atoms with Gasteiger partial charge in [0, 0.05) is 67.3 Å². The third-order valence-corrected chi connectivity index (χ3v) is 9.14. The molecule has 3 aromatic carbocycles. The normalized spacial score (nSPS) is 14.2. The van der Waals surface area contributed by atoms with Crippen LogP contribution in [0, 0.1) is 29.9 Å². The zero-order valence-corrected chi connectivity index (χ0v) is 28.7. The van der Waals surface area contributed by atoms with Crippen LogP contribution in [0.5, 0.6) is 5.88 Å². The molecule has 52 heavy (non-hydrogen) atoms. The van der Waals surface area contributed by atoms with E-state index in [1.165, 1.54) is 18.6 Å². The Morgan fingerprint density at radius 2 is 1.90 bits per heavy atom. The number of hydrogen-bond acceptors (Lipinski definition) is 8. The maximum Gasteiger partial charge on any atom is 0.255 e. The number of aryl methyl sites for hydroxylation is 2. The number of amides is 1. The van der Waals surface area contributed by atoms with Crippen LogP contribution in [0.2, 0.25) is 0 Å². The minimum Gasteiger partial charge on any atom is -0.473 e. The Balaban J connectivity index is 0.000000985. The molecule has 2 N–H and O–H groups in total. The Bertz CT molecular complexity index is 2350. The summed E-state index contributed by atoms with van der Waals surface area (Å²) in [5.74, 6) is -0.178. The van der Waals surface area contributed by atoms with Crippen molar-refractivity contribution in [3.8, 4) is 11.9 Å². The number of halogens is 2. The molecule has 0 bridgehead atoms. The number of nitrogens with zero attached hydrogens (tertiary/aromatic N) is 6. The number of imidazole rings is 1. The van der Waals surface area contributed by atoms with Crippen molar-refractivity contribution in [1.82, 2.24) is 29.6 Å². The molecule has 8 rings (SSSR count). The minimum atomic E-state index is -0.556. The number of aromatic nitrogens is 5. The number of nitrogens with one attached hydrogen (secondary N) is 2. The number of anilines is 1. The second-order valence-corrected chi connectivity index (χ2v) is 12.7. The average Bonchev–Trinajstić information content (AvgIpc) is 3.65. The summed E-state index contributed by atoms with van der Waals surface area (Å²) in [6, 6.07) is 20.1. The smallest absolute Gasteiger partial charge is 0.255 e. The van der Waals surface area contributed by atoms with Crippen LogP contribution >= 0.6 is 0 Å². The van der Waals surface area contributed by atoms with Crippen LogP contribution in [0.25, 0.3) is 27.5 Å². The number of benzene rings is 3. The molecule has 6 aromatic rings. The number of pyridine rings is 1. The summed E-state index contributed by atoms with van der Waals surface area (Å²) in [4.78, 5) is 24.8. The fourth-order valence-electron chi connectivity index (χ4n) is 5.99. The standard InChI is InChI=1S/C36H30F2N8O2.C3H6O/c1-21-27-15-25(16-29(38)35(27)44-43-21)36(47)40-26-8-9-32-31(17-26)41-33(45(32)2)19-46-12-10-23(11-13-46)30-4-3-5-34(42-30)48-20-24-7-6-22(18-39)14-28(24)37;1-2-4-3-1/h3-10,14-17H,11-13,19-20H2,1-2H3,(H,40,47)(H,43,44);1-3H2. The number of carbonyl (C=O) groups is 1. The molecule has 0 aliphatic carbocycles. The van der Waals surface area contributed by atoms with E-state index < -0.39 is 17.5 Å². The first-order valence-corrected chi connectivity index (χ1v) is 16.9. The Morgan fingerprint density at radius 1 is 1.08 bits per heavy atom. The van der Waals surface area contributed by atoms with Crippen molar-refractivity contribution >= 4 is 39.1 Å². The molecule has 5 heterocycles. The van der Waals surface area contributed by atoms with Gasteiger partial charge in [-0.05, 0) is 73.9 Å². The molecule has 0 unspecified atom stereocenters. The molecule has 13 heteroatoms. The van der Waals surface area contributed by atoms with E-state index >= 15 is 0 Å². The van der Waals surface area contributed by atoms with Crippen LogP contribution < -0.4 is 10.1 Å². The van der Waals surface area contributed by atoms with Crippen LogP contribution in [0.1, 0.15) is 51.5 Å². The fraction of sp³-hybridized carbons (Fsp3) is 0.256. The van der Waals surface area contributed by atoms with Crippen molar-refractivity contribution < 1.29 is 23.0 Å². The van der Waals surface area contributed by atoms with Gasteiger partial charge in [0.05, 0.1) is 34.9 Å². The second kappa shape index (κ2) is 15.1. The molecule has 2 aliphatic rings. The van der Waals surface area contributed by atoms with Gasteiger partial charge in [-0.25, -0.2) is 18.7 Å². The predicted molar refractivity (Wildman–Crippen MR) is 192 cm³/mol. The molecule has 0 atom stereocenters. The monoisotopic (exact) mass is 702 g/mol. The molecule has 0 spiro atoms. The lowest BCUT2D eigenvalue weighted by atomic mass is 10.0. The summed E-state index contributed by atoms with van der Waals surface area (Å²) in [5.41, 5.74) is 5.87. The Hall–Kier alpha value is -5.97. The number of nitriles is 1. The van der Waals surface area contributed by atoms with E-state index in [9.17, 15) is 13.6 Å². The van der Waals surface area contributed by atoms with Crippen molar-refractivity contribution in [3.05, 3.63) is 118 Å². The molecule has 264 valence electrons. The Kier molecular flexibility index (Phi) is 10.0. The summed E-state index contributed by atoms with van der Waals surface area (Å²) < 4.78 is 41.3. The number of fused-ring (bicyclic) bond motifs is 2. The van der Waals surface area contributed by atoms with Gasteiger partial charge in [-0.3, -0.25) is 14.8 Å². The van der Waals surface area contributed by atoms with Crippen molar-refractivity contribution in [2.75, 3.05) is 31.6 Å². The van der Waals surface area contributed by atoms with Crippen LogP contribution in [0.4, 0.5) is 14.5 Å². The number of H-pyrrole nitrogens is 1. The molecule has 0 saturated carbocycles. The first-order valence-electron chi connectivity index (χ1n) is 16.9. The van der Waals surface area contributed by atoms with Crippen molar-refractivity contribution in [1.29, 1.82) is 5.26 Å². The van der Waals surface area contributed by atoms with Crippen molar-refractivity contribution in [2.24, 2.45) is 7.05 Å². The summed E-state index contributed by atoms with van der Waals surface area (Å²) in [6.07, 6.45) is 4.21. The molecule has 1 fully saturated rings. The quantitative estimate of drug-likeness (QED) is 0.176. The summed E-state index contributed by atoms with van der Waals surface area (Å²) in [6.45, 7) is 5.93. The topological polar surface area (TPSA) is 134 Å². The first kappa shape index (κ1) is 34.5. The molecule has 11 nitrogen and oxygen atoms in total. The highest BCUT2D eigenvalue weighted by Crippen LogP contribution is 2.27. The lowest BCUT2D eigenvalue weighted by Gasteiger charge is -2.25. The highest BCUT2D eigenvalue weighted by Gasteiger charge is 2.19. The average molecular weight is 703 g/mol. The maximum atomic E-state index is 14.5. The molecule has 3 aromatic heterocycles. The minimum absolute atomic E-state index is 0.00862. The van der Waals surface area contributed by atoms with E-state index in [1.807, 2.05) is 48.0 Å². The second-order valence-electron chi connectivity index (χ2n) is 12.7. The van der Waals surface area contributed by atoms with E-state index in [2.05, 4.69) is 31.5 Å². The van der Waals surface area contributed by atoms with Gasteiger partial charge in [-0.2, -0.15) is 10.4 Å². The third-order valence-electron chi connectivity index (χ3n) is 9.14. The zero-order valence-electron chi connectivity index (χ0n) is 28.7. The van der Waals surface area contributed by atoms with E-state index in [1.54, 1.807) is 31.2 Å². The number of rotatable bonds is 8. The molecule has 2 aliphatic heterocycles. The summed E-state index contributed by atoms with van der Waals surface area (Å²) in [5, 5.41) is 19.1. The number of aromatic amines is 1. The van der Waals surface area contributed by atoms with Gasteiger partial charge in [-0.1, -0.05) is 18.2 Å². The summed E-state index contributed by atoms with van der Waals surface area (Å²) >= 11 is 0. The van der Waals surface area contributed by atoms with Crippen LogP contribution in [-0.4, -0.2) is 61.8 Å². The van der Waals surface area contributed by atoms with Crippen molar-refractivity contribution in [2.45, 2.75) is 32.9 Å². The van der Waals surface area contributed by atoms with E-state index in [0.717, 1.165) is 54.3 Å². The highest BCUT2D eigenvalue weighted by atomic mass is 19.1. The summed E-state index contributed by atoms with van der Waals surface area (Å²) in [7, 11) is 1.97. The molecular formula is C39H36F2N8O3. The van der Waals surface area contributed by atoms with Gasteiger partial charge in [0.2, 0.25) is 5.88 Å². The van der Waals surface area contributed by atoms with Crippen molar-refractivity contribution in [3.63, 3.8) is 0 Å². The van der Waals surface area contributed by atoms with E-state index in [-0.39, 0.29) is 23.3 Å². The van der Waals surface area contributed by atoms with Gasteiger partial charge in [0.15, 0.2) is 5.82 Å². The number of hydrogen-bond donors (Lipinski definition) is 2. The first-order chi connectivity index (χ1) is 25.2. The zero-order chi connectivity index (χ0) is 36.2. The van der Waals surface area contributed by atoms with Gasteiger partial charge in [0.1, 0.15) is 23.8 Å². The van der Waals surface area contributed by atoms with Crippen LogP contribution in [0.15, 0.2) is 72.8 Å². The Morgan fingerprint density at radius 3 is 2.63 bits per heavy atom. The number of ether oxygens (including phenoxy) is 2. The number of carbonyl (C=O) groups excluding carboxylic acids is 1. The van der Waals surface area contributed by atoms with Gasteiger partial charge in [0.25, 0.3) is 5.91 Å². The molecule has 0 radical (unpaired) electrons. The Labute approximate surface area is 298 Å². The lowest BCUT2D eigenvalue weighted by molar-refractivity contribution is 0.0367. The third kappa shape index (κ3) is 7.53. The predicted octanol–water partition coefficient (Wildman–Crippen LogP) is 6.83. The molecular weight excluding hydrogens is 666 g/mol. The van der Waals surface area contributed by atoms with Gasteiger partial charge >= 0.3 is 0 Å². The lowest BCUT2D eigenvalue weighted by Crippen LogP contribution is -2.29.